The summed E-state index contributed by atoms with van der Waals surface area (Å²) >= 11 is 0. The molecule has 3 aromatic carbocycles. The van der Waals surface area contributed by atoms with Crippen LogP contribution in [0.4, 0.5) is 11.4 Å². The molecule has 9 nitrogen and oxygen atoms in total. The van der Waals surface area contributed by atoms with Gasteiger partial charge in [0, 0.05) is 23.9 Å². The van der Waals surface area contributed by atoms with Crippen molar-refractivity contribution in [1.29, 1.82) is 0 Å². The summed E-state index contributed by atoms with van der Waals surface area (Å²) in [5.74, 6) is 0.272. The van der Waals surface area contributed by atoms with Crippen LogP contribution in [0.3, 0.4) is 0 Å². The summed E-state index contributed by atoms with van der Waals surface area (Å²) in [6.07, 6.45) is 0. The molecule has 5 rings (SSSR count). The smallest absolute Gasteiger partial charge is 0.295 e. The first-order chi connectivity index (χ1) is 16.9. The van der Waals surface area contributed by atoms with Crippen molar-refractivity contribution in [3.8, 4) is 17.2 Å². The summed E-state index contributed by atoms with van der Waals surface area (Å²) in [6.45, 7) is 1.88. The molecule has 0 aliphatic carbocycles. The van der Waals surface area contributed by atoms with Gasteiger partial charge in [-0.1, -0.05) is 24.3 Å². The third-order valence-corrected chi connectivity index (χ3v) is 5.81. The molecule has 35 heavy (non-hydrogen) atoms. The van der Waals surface area contributed by atoms with Gasteiger partial charge < -0.3 is 20.1 Å². The van der Waals surface area contributed by atoms with E-state index in [0.717, 1.165) is 0 Å². The third-order valence-electron chi connectivity index (χ3n) is 5.81. The molecule has 4 aromatic rings. The fraction of sp³-hybridized carbons (Fsp3) is 0.115. The predicted octanol–water partition coefficient (Wildman–Crippen LogP) is 3.72. The molecule has 1 aliphatic rings. The SMILES string of the molecule is Cc1c(NC(=O)c2cccc(NC(=O)c3ccc4c(c3)OCO4)c2)c(=O)n(-c2ccccc2)n1C. The molecular weight excluding hydrogens is 448 g/mol. The number of para-hydroxylation sites is 1. The highest BCUT2D eigenvalue weighted by Crippen LogP contribution is 2.32. The van der Waals surface area contributed by atoms with Gasteiger partial charge in [0.05, 0.1) is 11.4 Å². The highest BCUT2D eigenvalue weighted by atomic mass is 16.7. The van der Waals surface area contributed by atoms with Gasteiger partial charge in [-0.05, 0) is 55.5 Å². The van der Waals surface area contributed by atoms with E-state index in [0.29, 0.717) is 39.7 Å². The second-order valence-corrected chi connectivity index (χ2v) is 7.99. The molecule has 1 aliphatic heterocycles. The zero-order valence-corrected chi connectivity index (χ0v) is 19.1. The molecule has 0 atom stereocenters. The number of aromatic nitrogens is 2. The average Bonchev–Trinajstić information content (AvgIpc) is 3.42. The quantitative estimate of drug-likeness (QED) is 0.463. The van der Waals surface area contributed by atoms with Gasteiger partial charge in [-0.2, -0.15) is 0 Å². The zero-order chi connectivity index (χ0) is 24.5. The Bertz CT molecular complexity index is 1500. The van der Waals surface area contributed by atoms with Gasteiger partial charge >= 0.3 is 0 Å². The van der Waals surface area contributed by atoms with Crippen molar-refractivity contribution in [2.75, 3.05) is 17.4 Å². The Kier molecular flexibility index (Phi) is 5.58. The molecule has 9 heteroatoms. The van der Waals surface area contributed by atoms with Crippen LogP contribution < -0.4 is 25.7 Å². The van der Waals surface area contributed by atoms with Crippen molar-refractivity contribution >= 4 is 23.2 Å². The molecule has 0 radical (unpaired) electrons. The van der Waals surface area contributed by atoms with Crippen molar-refractivity contribution in [2.45, 2.75) is 6.92 Å². The fourth-order valence-corrected chi connectivity index (χ4v) is 3.88. The van der Waals surface area contributed by atoms with Crippen molar-refractivity contribution in [3.63, 3.8) is 0 Å². The number of amides is 2. The number of hydrogen-bond acceptors (Lipinski definition) is 5. The first-order valence-electron chi connectivity index (χ1n) is 10.9. The number of hydrogen-bond donors (Lipinski definition) is 2. The summed E-state index contributed by atoms with van der Waals surface area (Å²) in [4.78, 5) is 38.8. The van der Waals surface area contributed by atoms with Crippen LogP contribution >= 0.6 is 0 Å². The average molecular weight is 470 g/mol. The molecular formula is C26H22N4O5. The van der Waals surface area contributed by atoms with E-state index in [1.54, 1.807) is 61.1 Å². The molecule has 2 heterocycles. The first kappa shape index (κ1) is 22.0. The fourth-order valence-electron chi connectivity index (χ4n) is 3.88. The highest BCUT2D eigenvalue weighted by molar-refractivity contribution is 6.07. The van der Waals surface area contributed by atoms with E-state index in [2.05, 4.69) is 10.6 Å². The number of nitrogens with zero attached hydrogens (tertiary/aromatic N) is 2. The lowest BCUT2D eigenvalue weighted by Gasteiger charge is -2.09. The molecule has 0 saturated heterocycles. The summed E-state index contributed by atoms with van der Waals surface area (Å²) < 4.78 is 13.8. The highest BCUT2D eigenvalue weighted by Gasteiger charge is 2.20. The van der Waals surface area contributed by atoms with Crippen LogP contribution in [0.25, 0.3) is 5.69 Å². The van der Waals surface area contributed by atoms with E-state index in [9.17, 15) is 14.4 Å². The standard InChI is InChI=1S/C26H22N4O5/c1-16-23(26(33)30(29(16)2)20-9-4-3-5-10-20)28-25(32)17-7-6-8-19(13-17)27-24(31)18-11-12-21-22(14-18)35-15-34-21/h3-14H,15H2,1-2H3,(H,27,31)(H,28,32). The molecule has 0 saturated carbocycles. The molecule has 0 bridgehead atoms. The largest absolute Gasteiger partial charge is 0.454 e. The summed E-state index contributed by atoms with van der Waals surface area (Å²) in [5, 5.41) is 5.51. The normalized spacial score (nSPS) is 11.8. The molecule has 2 N–H and O–H groups in total. The summed E-state index contributed by atoms with van der Waals surface area (Å²) in [5.41, 5.74) is 2.28. The number of anilines is 2. The molecule has 0 spiro atoms. The van der Waals surface area contributed by atoms with Gasteiger partial charge in [0.25, 0.3) is 17.4 Å². The number of nitrogens with one attached hydrogen (secondary N) is 2. The maximum Gasteiger partial charge on any atom is 0.295 e. The van der Waals surface area contributed by atoms with E-state index in [4.69, 9.17) is 9.47 Å². The Balaban J connectivity index is 1.35. The van der Waals surface area contributed by atoms with Gasteiger partial charge in [0.1, 0.15) is 5.69 Å². The van der Waals surface area contributed by atoms with E-state index in [1.807, 2.05) is 30.3 Å². The molecule has 176 valence electrons. The van der Waals surface area contributed by atoms with Crippen LogP contribution in [0, 0.1) is 6.92 Å². The number of fused-ring (bicyclic) bond motifs is 1. The van der Waals surface area contributed by atoms with Gasteiger partial charge in [-0.3, -0.25) is 19.1 Å². The Morgan fingerprint density at radius 1 is 0.829 bits per heavy atom. The van der Waals surface area contributed by atoms with E-state index < -0.39 is 5.91 Å². The lowest BCUT2D eigenvalue weighted by atomic mass is 10.1. The van der Waals surface area contributed by atoms with Crippen LogP contribution in [-0.2, 0) is 7.05 Å². The maximum atomic E-state index is 13.1. The third kappa shape index (κ3) is 4.15. The molecule has 2 amide bonds. The minimum Gasteiger partial charge on any atom is -0.454 e. The van der Waals surface area contributed by atoms with Gasteiger partial charge in [0.2, 0.25) is 6.79 Å². The van der Waals surface area contributed by atoms with Crippen LogP contribution in [0.15, 0.2) is 77.6 Å². The van der Waals surface area contributed by atoms with Crippen molar-refractivity contribution in [3.05, 3.63) is 100.0 Å². The van der Waals surface area contributed by atoms with Gasteiger partial charge in [-0.25, -0.2) is 4.68 Å². The zero-order valence-electron chi connectivity index (χ0n) is 19.1. The van der Waals surface area contributed by atoms with E-state index in [1.165, 1.54) is 4.68 Å². The van der Waals surface area contributed by atoms with E-state index >= 15 is 0 Å². The summed E-state index contributed by atoms with van der Waals surface area (Å²) in [7, 11) is 1.76. The lowest BCUT2D eigenvalue weighted by molar-refractivity contribution is 0.101. The Hall–Kier alpha value is -4.79. The second-order valence-electron chi connectivity index (χ2n) is 7.99. The van der Waals surface area contributed by atoms with Crippen LogP contribution in [-0.4, -0.2) is 28.0 Å². The number of carbonyl (C=O) groups is 2. The number of carbonyl (C=O) groups excluding carboxylic acids is 2. The maximum absolute atomic E-state index is 13.1. The topological polar surface area (TPSA) is 104 Å². The van der Waals surface area contributed by atoms with Gasteiger partial charge in [-0.15, -0.1) is 0 Å². The van der Waals surface area contributed by atoms with Crippen molar-refractivity contribution in [1.82, 2.24) is 9.36 Å². The first-order valence-corrected chi connectivity index (χ1v) is 10.9. The predicted molar refractivity (Wildman–Crippen MR) is 131 cm³/mol. The molecule has 1 aromatic heterocycles. The minimum atomic E-state index is -0.463. The minimum absolute atomic E-state index is 0.120. The molecule has 0 unspecified atom stereocenters. The van der Waals surface area contributed by atoms with Crippen LogP contribution in [0.2, 0.25) is 0 Å². The Morgan fingerprint density at radius 3 is 2.34 bits per heavy atom. The number of benzene rings is 3. The monoisotopic (exact) mass is 470 g/mol. The van der Waals surface area contributed by atoms with Crippen LogP contribution in [0.1, 0.15) is 26.4 Å². The van der Waals surface area contributed by atoms with Crippen LogP contribution in [0.5, 0.6) is 11.5 Å². The summed E-state index contributed by atoms with van der Waals surface area (Å²) in [6, 6.07) is 20.6. The van der Waals surface area contributed by atoms with Crippen molar-refractivity contribution < 1.29 is 19.1 Å². The Morgan fingerprint density at radius 2 is 1.54 bits per heavy atom. The Labute approximate surface area is 200 Å². The lowest BCUT2D eigenvalue weighted by Crippen LogP contribution is -2.23. The van der Waals surface area contributed by atoms with Gasteiger partial charge in [0.15, 0.2) is 11.5 Å². The number of ether oxygens (including phenoxy) is 2. The van der Waals surface area contributed by atoms with Crippen molar-refractivity contribution in [2.24, 2.45) is 7.05 Å². The number of rotatable bonds is 5. The molecule has 0 fully saturated rings. The second kappa shape index (κ2) is 8.86. The van der Waals surface area contributed by atoms with E-state index in [-0.39, 0.29) is 23.9 Å².